The van der Waals surface area contributed by atoms with E-state index in [-0.39, 0.29) is 0 Å². The minimum atomic E-state index is 0.629. The van der Waals surface area contributed by atoms with Gasteiger partial charge in [0.15, 0.2) is 0 Å². The molecule has 0 amide bonds. The summed E-state index contributed by atoms with van der Waals surface area (Å²) in [4.78, 5) is 8.36. The maximum Gasteiger partial charge on any atom is 0.225 e. The molecule has 1 heterocycles. The van der Waals surface area contributed by atoms with E-state index in [0.717, 1.165) is 13.0 Å². The highest BCUT2D eigenvalue weighted by Gasteiger charge is 1.98. The molecular weight excluding hydrogens is 222 g/mol. The topological polar surface area (TPSA) is 47.0 Å². The summed E-state index contributed by atoms with van der Waals surface area (Å²) < 4.78 is 5.30. The molecule has 1 aromatic heterocycles. The predicted molar refractivity (Wildman–Crippen MR) is 69.3 cm³/mol. The van der Waals surface area contributed by atoms with Gasteiger partial charge in [-0.25, -0.2) is 4.98 Å². The summed E-state index contributed by atoms with van der Waals surface area (Å²) in [5.74, 6) is 2.49. The van der Waals surface area contributed by atoms with Crippen LogP contribution < -0.4 is 10.1 Å². The van der Waals surface area contributed by atoms with Gasteiger partial charge in [0.2, 0.25) is 11.8 Å². The summed E-state index contributed by atoms with van der Waals surface area (Å²) in [5, 5.41) is 3.19. The van der Waals surface area contributed by atoms with Crippen molar-refractivity contribution in [2.75, 3.05) is 30.5 Å². The maximum atomic E-state index is 5.30. The zero-order valence-corrected chi connectivity index (χ0v) is 10.7. The number of nitrogens with zero attached hydrogens (tertiary/aromatic N) is 2. The summed E-state index contributed by atoms with van der Waals surface area (Å²) in [7, 11) is 0. The highest BCUT2D eigenvalue weighted by molar-refractivity contribution is 7.98. The number of rotatable bonds is 8. The van der Waals surface area contributed by atoms with Crippen molar-refractivity contribution in [2.24, 2.45) is 0 Å². The van der Waals surface area contributed by atoms with Crippen LogP contribution in [0.1, 0.15) is 19.8 Å². The van der Waals surface area contributed by atoms with E-state index in [9.17, 15) is 0 Å². The first-order valence-electron chi connectivity index (χ1n) is 5.55. The van der Waals surface area contributed by atoms with Crippen LogP contribution in [0.4, 0.5) is 5.95 Å². The first-order valence-corrected chi connectivity index (χ1v) is 6.95. The zero-order chi connectivity index (χ0) is 11.6. The minimum Gasteiger partial charge on any atom is -0.478 e. The van der Waals surface area contributed by atoms with Gasteiger partial charge in [-0.15, -0.1) is 0 Å². The lowest BCUT2D eigenvalue weighted by Gasteiger charge is -2.06. The number of hydrogen-bond donors (Lipinski definition) is 1. The molecule has 0 atom stereocenters. The van der Waals surface area contributed by atoms with E-state index < -0.39 is 0 Å². The Balaban J connectivity index is 2.27. The third-order valence-electron chi connectivity index (χ3n) is 1.98. The molecule has 0 saturated heterocycles. The maximum absolute atomic E-state index is 5.30. The SMILES string of the molecule is CCOc1ccnc(NCCCCSC)n1. The third-order valence-corrected chi connectivity index (χ3v) is 2.68. The molecule has 5 heteroatoms. The van der Waals surface area contributed by atoms with Gasteiger partial charge in [0.05, 0.1) is 6.61 Å². The number of nitrogens with one attached hydrogen (secondary N) is 1. The van der Waals surface area contributed by atoms with E-state index >= 15 is 0 Å². The van der Waals surface area contributed by atoms with E-state index in [0.29, 0.717) is 18.4 Å². The molecule has 0 aliphatic carbocycles. The number of thioether (sulfide) groups is 1. The Hall–Kier alpha value is -0.970. The van der Waals surface area contributed by atoms with Crippen LogP contribution >= 0.6 is 11.8 Å². The van der Waals surface area contributed by atoms with E-state index in [4.69, 9.17) is 4.74 Å². The standard InChI is InChI=1S/C11H19N3OS/c1-3-15-10-6-8-13-11(14-10)12-7-4-5-9-16-2/h6,8H,3-5,7,9H2,1-2H3,(H,12,13,14). The molecule has 90 valence electrons. The van der Waals surface area contributed by atoms with Gasteiger partial charge in [-0.3, -0.25) is 0 Å². The number of aromatic nitrogens is 2. The lowest BCUT2D eigenvalue weighted by atomic mass is 10.3. The van der Waals surface area contributed by atoms with E-state index in [1.807, 2.05) is 18.7 Å². The summed E-state index contributed by atoms with van der Waals surface area (Å²) >= 11 is 1.88. The van der Waals surface area contributed by atoms with Crippen molar-refractivity contribution in [1.82, 2.24) is 9.97 Å². The molecule has 0 aliphatic heterocycles. The monoisotopic (exact) mass is 241 g/mol. The molecule has 4 nitrogen and oxygen atoms in total. The van der Waals surface area contributed by atoms with E-state index in [1.54, 1.807) is 12.3 Å². The van der Waals surface area contributed by atoms with Gasteiger partial charge >= 0.3 is 0 Å². The molecule has 0 unspecified atom stereocenters. The molecule has 0 saturated carbocycles. The Labute approximate surface area is 101 Å². The summed E-state index contributed by atoms with van der Waals surface area (Å²) in [6.45, 7) is 3.48. The van der Waals surface area contributed by atoms with Crippen molar-refractivity contribution >= 4 is 17.7 Å². The molecule has 1 rings (SSSR count). The van der Waals surface area contributed by atoms with Crippen molar-refractivity contribution in [1.29, 1.82) is 0 Å². The van der Waals surface area contributed by atoms with Gasteiger partial charge in [-0.1, -0.05) is 0 Å². The average molecular weight is 241 g/mol. The summed E-state index contributed by atoms with van der Waals surface area (Å²) in [6, 6.07) is 1.77. The van der Waals surface area contributed by atoms with Crippen LogP contribution in [0.5, 0.6) is 5.88 Å². The van der Waals surface area contributed by atoms with E-state index in [1.165, 1.54) is 12.2 Å². The highest BCUT2D eigenvalue weighted by atomic mass is 32.2. The first-order chi connectivity index (χ1) is 7.86. The number of hydrogen-bond acceptors (Lipinski definition) is 5. The van der Waals surface area contributed by atoms with Gasteiger partial charge < -0.3 is 10.1 Å². The Kier molecular flexibility index (Phi) is 6.72. The zero-order valence-electron chi connectivity index (χ0n) is 9.90. The Bertz CT molecular complexity index is 296. The second-order valence-corrected chi connectivity index (χ2v) is 4.26. The normalized spacial score (nSPS) is 10.1. The molecule has 0 aliphatic rings. The van der Waals surface area contributed by atoms with Crippen molar-refractivity contribution < 1.29 is 4.74 Å². The van der Waals surface area contributed by atoms with Gasteiger partial charge in [0.25, 0.3) is 0 Å². The fraction of sp³-hybridized carbons (Fsp3) is 0.636. The number of unbranched alkanes of at least 4 members (excludes halogenated alkanes) is 1. The smallest absolute Gasteiger partial charge is 0.225 e. The number of anilines is 1. The highest BCUT2D eigenvalue weighted by Crippen LogP contribution is 2.08. The van der Waals surface area contributed by atoms with Crippen molar-refractivity contribution in [3.05, 3.63) is 12.3 Å². The number of ether oxygens (including phenoxy) is 1. The van der Waals surface area contributed by atoms with Gasteiger partial charge in [0.1, 0.15) is 0 Å². The van der Waals surface area contributed by atoms with Crippen molar-refractivity contribution in [3.8, 4) is 5.88 Å². The molecule has 1 aromatic rings. The first kappa shape index (κ1) is 13.1. The van der Waals surface area contributed by atoms with Crippen LogP contribution in [-0.2, 0) is 0 Å². The predicted octanol–water partition coefficient (Wildman–Crippen LogP) is 2.43. The Morgan fingerprint density at radius 1 is 1.44 bits per heavy atom. The molecule has 1 N–H and O–H groups in total. The lowest BCUT2D eigenvalue weighted by Crippen LogP contribution is -2.06. The summed E-state index contributed by atoms with van der Waals surface area (Å²) in [6.07, 6.45) is 6.20. The van der Waals surface area contributed by atoms with Crippen molar-refractivity contribution in [2.45, 2.75) is 19.8 Å². The molecule has 0 spiro atoms. The molecule has 0 radical (unpaired) electrons. The second kappa shape index (κ2) is 8.21. The largest absolute Gasteiger partial charge is 0.478 e. The fourth-order valence-electron chi connectivity index (χ4n) is 1.23. The Morgan fingerprint density at radius 2 is 2.31 bits per heavy atom. The van der Waals surface area contributed by atoms with Crippen molar-refractivity contribution in [3.63, 3.8) is 0 Å². The second-order valence-electron chi connectivity index (χ2n) is 3.28. The molecule has 16 heavy (non-hydrogen) atoms. The van der Waals surface area contributed by atoms with Crippen LogP contribution in [0.15, 0.2) is 12.3 Å². The quantitative estimate of drug-likeness (QED) is 0.708. The fourth-order valence-corrected chi connectivity index (χ4v) is 1.72. The van der Waals surface area contributed by atoms with Crippen LogP contribution in [0.2, 0.25) is 0 Å². The van der Waals surface area contributed by atoms with E-state index in [2.05, 4.69) is 21.5 Å². The van der Waals surface area contributed by atoms with Crippen LogP contribution in [0.25, 0.3) is 0 Å². The van der Waals surface area contributed by atoms with Gasteiger partial charge in [-0.05, 0) is 31.8 Å². The molecular formula is C11H19N3OS. The average Bonchev–Trinajstić information content (AvgIpc) is 2.30. The summed E-state index contributed by atoms with van der Waals surface area (Å²) in [5.41, 5.74) is 0. The van der Waals surface area contributed by atoms with Crippen LogP contribution in [0, 0.1) is 0 Å². The Morgan fingerprint density at radius 3 is 3.06 bits per heavy atom. The van der Waals surface area contributed by atoms with Gasteiger partial charge in [0, 0.05) is 18.8 Å². The van der Waals surface area contributed by atoms with Gasteiger partial charge in [-0.2, -0.15) is 16.7 Å². The van der Waals surface area contributed by atoms with Crippen LogP contribution in [0.3, 0.4) is 0 Å². The lowest BCUT2D eigenvalue weighted by molar-refractivity contribution is 0.326. The van der Waals surface area contributed by atoms with Crippen LogP contribution in [-0.4, -0.2) is 35.1 Å². The molecule has 0 bridgehead atoms. The minimum absolute atomic E-state index is 0.629. The molecule has 0 aromatic carbocycles. The molecule has 0 fully saturated rings. The third kappa shape index (κ3) is 5.21.